The number of benzene rings is 2. The van der Waals surface area contributed by atoms with Gasteiger partial charge in [0.05, 0.1) is 24.9 Å². The molecule has 2 amide bonds. The number of rotatable bonds is 6. The first-order valence-electron chi connectivity index (χ1n) is 7.60. The molecule has 2 rings (SSSR count). The highest BCUT2D eigenvalue weighted by molar-refractivity contribution is 6.32. The molecule has 0 unspecified atom stereocenters. The molecule has 1 N–H and O–H groups in total. The van der Waals surface area contributed by atoms with Crippen molar-refractivity contribution in [3.63, 3.8) is 0 Å². The van der Waals surface area contributed by atoms with E-state index in [0.717, 1.165) is 5.56 Å². The second kappa shape index (κ2) is 8.45. The average molecular weight is 349 g/mol. The second-order valence-electron chi connectivity index (χ2n) is 5.12. The van der Waals surface area contributed by atoms with Crippen LogP contribution in [0.1, 0.15) is 12.5 Å². The molecule has 0 aliphatic carbocycles. The average Bonchev–Trinajstić information content (AvgIpc) is 2.60. The molecule has 0 saturated carbocycles. The number of ether oxygens (including phenoxy) is 2. The molecule has 0 atom stereocenters. The molecule has 0 spiro atoms. The van der Waals surface area contributed by atoms with Crippen molar-refractivity contribution >= 4 is 23.3 Å². The van der Waals surface area contributed by atoms with Gasteiger partial charge in [0.25, 0.3) is 0 Å². The van der Waals surface area contributed by atoms with Crippen LogP contribution < -0.4 is 14.8 Å². The molecule has 0 radical (unpaired) electrons. The molecule has 0 fully saturated rings. The van der Waals surface area contributed by atoms with Crippen LogP contribution in [-0.2, 0) is 6.54 Å². The van der Waals surface area contributed by atoms with E-state index in [-0.39, 0.29) is 6.03 Å². The third kappa shape index (κ3) is 4.32. The maximum Gasteiger partial charge on any atom is 0.322 e. The maximum atomic E-state index is 12.6. The SMILES string of the molecule is CCN(Cc1ccccc1)C(=O)Nc1cc(Cl)c(OC)cc1OC. The number of carbonyl (C=O) groups is 1. The lowest BCUT2D eigenvalue weighted by Crippen LogP contribution is -2.34. The number of carbonyl (C=O) groups excluding carboxylic acids is 1. The van der Waals surface area contributed by atoms with Gasteiger partial charge in [-0.05, 0) is 18.6 Å². The monoisotopic (exact) mass is 348 g/mol. The molecule has 0 aromatic heterocycles. The summed E-state index contributed by atoms with van der Waals surface area (Å²) in [4.78, 5) is 14.3. The molecular formula is C18H21ClN2O3. The van der Waals surface area contributed by atoms with Gasteiger partial charge in [-0.1, -0.05) is 41.9 Å². The van der Waals surface area contributed by atoms with Crippen molar-refractivity contribution in [3.8, 4) is 11.5 Å². The summed E-state index contributed by atoms with van der Waals surface area (Å²) in [5.41, 5.74) is 1.56. The van der Waals surface area contributed by atoms with Gasteiger partial charge in [-0.2, -0.15) is 0 Å². The highest BCUT2D eigenvalue weighted by atomic mass is 35.5. The lowest BCUT2D eigenvalue weighted by Gasteiger charge is -2.22. The predicted octanol–water partition coefficient (Wildman–Crippen LogP) is 4.41. The Balaban J connectivity index is 2.16. The van der Waals surface area contributed by atoms with E-state index in [1.165, 1.54) is 14.2 Å². The molecule has 24 heavy (non-hydrogen) atoms. The van der Waals surface area contributed by atoms with Crippen molar-refractivity contribution in [2.75, 3.05) is 26.1 Å². The Morgan fingerprint density at radius 1 is 1.12 bits per heavy atom. The molecule has 0 bridgehead atoms. The van der Waals surface area contributed by atoms with Crippen molar-refractivity contribution in [1.29, 1.82) is 0 Å². The molecule has 0 aliphatic rings. The molecule has 5 nitrogen and oxygen atoms in total. The first-order valence-corrected chi connectivity index (χ1v) is 7.98. The number of hydrogen-bond acceptors (Lipinski definition) is 3. The van der Waals surface area contributed by atoms with Crippen LogP contribution in [0, 0.1) is 0 Å². The second-order valence-corrected chi connectivity index (χ2v) is 5.52. The van der Waals surface area contributed by atoms with E-state index in [9.17, 15) is 4.79 Å². The summed E-state index contributed by atoms with van der Waals surface area (Å²) in [6.07, 6.45) is 0. The zero-order valence-electron chi connectivity index (χ0n) is 14.0. The van der Waals surface area contributed by atoms with Gasteiger partial charge >= 0.3 is 6.03 Å². The molecule has 0 aliphatic heterocycles. The third-order valence-electron chi connectivity index (χ3n) is 3.60. The van der Waals surface area contributed by atoms with Gasteiger partial charge in [0.1, 0.15) is 11.5 Å². The van der Waals surface area contributed by atoms with E-state index >= 15 is 0 Å². The summed E-state index contributed by atoms with van der Waals surface area (Å²) in [6.45, 7) is 3.03. The summed E-state index contributed by atoms with van der Waals surface area (Å²) in [7, 11) is 3.05. The van der Waals surface area contributed by atoms with Crippen LogP contribution >= 0.6 is 11.6 Å². The van der Waals surface area contributed by atoms with E-state index in [0.29, 0.717) is 35.3 Å². The minimum absolute atomic E-state index is 0.221. The molecule has 2 aromatic rings. The quantitative estimate of drug-likeness (QED) is 0.841. The highest BCUT2D eigenvalue weighted by Crippen LogP contribution is 2.36. The van der Waals surface area contributed by atoms with E-state index in [1.807, 2.05) is 37.3 Å². The minimum Gasteiger partial charge on any atom is -0.495 e. The fourth-order valence-corrected chi connectivity index (χ4v) is 2.52. The number of urea groups is 1. The molecule has 128 valence electrons. The van der Waals surface area contributed by atoms with Crippen molar-refractivity contribution in [2.24, 2.45) is 0 Å². The zero-order valence-corrected chi connectivity index (χ0v) is 14.8. The number of hydrogen-bond donors (Lipinski definition) is 1. The molecule has 2 aromatic carbocycles. The summed E-state index contributed by atoms with van der Waals surface area (Å²) in [6, 6.07) is 12.9. The largest absolute Gasteiger partial charge is 0.495 e. The smallest absolute Gasteiger partial charge is 0.322 e. The summed E-state index contributed by atoms with van der Waals surface area (Å²) >= 11 is 6.14. The first-order chi connectivity index (χ1) is 11.6. The van der Waals surface area contributed by atoms with Crippen molar-refractivity contribution in [2.45, 2.75) is 13.5 Å². The van der Waals surface area contributed by atoms with Crippen LogP contribution in [0.4, 0.5) is 10.5 Å². The number of nitrogens with zero attached hydrogens (tertiary/aromatic N) is 1. The summed E-state index contributed by atoms with van der Waals surface area (Å²) < 4.78 is 10.5. The van der Waals surface area contributed by atoms with Gasteiger partial charge < -0.3 is 19.7 Å². The third-order valence-corrected chi connectivity index (χ3v) is 3.90. The van der Waals surface area contributed by atoms with Crippen LogP contribution in [0.15, 0.2) is 42.5 Å². The Morgan fingerprint density at radius 2 is 1.79 bits per heavy atom. The molecule has 0 heterocycles. The highest BCUT2D eigenvalue weighted by Gasteiger charge is 2.16. The van der Waals surface area contributed by atoms with Crippen molar-refractivity contribution < 1.29 is 14.3 Å². The maximum absolute atomic E-state index is 12.6. The normalized spacial score (nSPS) is 10.2. The summed E-state index contributed by atoms with van der Waals surface area (Å²) in [5, 5.41) is 3.25. The number of halogens is 1. The van der Waals surface area contributed by atoms with Gasteiger partial charge in [-0.25, -0.2) is 4.79 Å². The van der Waals surface area contributed by atoms with E-state index < -0.39 is 0 Å². The lowest BCUT2D eigenvalue weighted by atomic mass is 10.2. The molecule has 6 heteroatoms. The topological polar surface area (TPSA) is 50.8 Å². The lowest BCUT2D eigenvalue weighted by molar-refractivity contribution is 0.212. The van der Waals surface area contributed by atoms with Gasteiger partial charge in [0.2, 0.25) is 0 Å². The fourth-order valence-electron chi connectivity index (χ4n) is 2.28. The molecular weight excluding hydrogens is 328 g/mol. The van der Waals surface area contributed by atoms with Gasteiger partial charge in [-0.15, -0.1) is 0 Å². The van der Waals surface area contributed by atoms with Crippen LogP contribution in [0.5, 0.6) is 11.5 Å². The van der Waals surface area contributed by atoms with E-state index in [1.54, 1.807) is 17.0 Å². The summed E-state index contributed by atoms with van der Waals surface area (Å²) in [5.74, 6) is 0.975. The number of nitrogens with one attached hydrogen (secondary N) is 1. The van der Waals surface area contributed by atoms with Gasteiger partial charge in [0, 0.05) is 19.2 Å². The van der Waals surface area contributed by atoms with Gasteiger partial charge in [-0.3, -0.25) is 0 Å². The van der Waals surface area contributed by atoms with E-state index in [4.69, 9.17) is 21.1 Å². The van der Waals surface area contributed by atoms with E-state index in [2.05, 4.69) is 5.32 Å². The Labute approximate surface area is 147 Å². The Morgan fingerprint density at radius 3 is 2.38 bits per heavy atom. The van der Waals surface area contributed by atoms with Crippen LogP contribution in [0.25, 0.3) is 0 Å². The van der Waals surface area contributed by atoms with Crippen LogP contribution in [0.3, 0.4) is 0 Å². The number of methoxy groups -OCH3 is 2. The fraction of sp³-hybridized carbons (Fsp3) is 0.278. The van der Waals surface area contributed by atoms with Crippen molar-refractivity contribution in [3.05, 3.63) is 53.1 Å². The molecule has 0 saturated heterocycles. The first kappa shape index (κ1) is 17.9. The van der Waals surface area contributed by atoms with Crippen LogP contribution in [-0.4, -0.2) is 31.7 Å². The Hall–Kier alpha value is -2.40. The standard InChI is InChI=1S/C18H21ClN2O3/c1-4-21(12-13-8-6-5-7-9-13)18(22)20-15-10-14(19)16(23-2)11-17(15)24-3/h5-11H,4,12H2,1-3H3,(H,20,22). The Bertz CT molecular complexity index is 692. The number of amides is 2. The van der Waals surface area contributed by atoms with Gasteiger partial charge in [0.15, 0.2) is 0 Å². The minimum atomic E-state index is -0.221. The zero-order chi connectivity index (χ0) is 17.5. The predicted molar refractivity (Wildman–Crippen MR) is 96.1 cm³/mol. The van der Waals surface area contributed by atoms with Crippen molar-refractivity contribution in [1.82, 2.24) is 4.90 Å². The number of anilines is 1. The van der Waals surface area contributed by atoms with Crippen LogP contribution in [0.2, 0.25) is 5.02 Å². The Kier molecular flexibility index (Phi) is 6.32.